The number of rotatable bonds is 4. The Morgan fingerprint density at radius 1 is 1.07 bits per heavy atom. The predicted octanol–water partition coefficient (Wildman–Crippen LogP) is 4.59. The van der Waals surface area contributed by atoms with Gasteiger partial charge in [0.15, 0.2) is 6.10 Å². The van der Waals surface area contributed by atoms with Gasteiger partial charge < -0.3 is 14.8 Å². The highest BCUT2D eigenvalue weighted by Crippen LogP contribution is 2.38. The first-order valence-electron chi connectivity index (χ1n) is 8.78. The highest BCUT2D eigenvalue weighted by atomic mass is 16.6. The van der Waals surface area contributed by atoms with E-state index in [0.29, 0.717) is 0 Å². The van der Waals surface area contributed by atoms with Crippen LogP contribution in [0.15, 0.2) is 67.0 Å². The van der Waals surface area contributed by atoms with Crippen LogP contribution in [0.1, 0.15) is 28.8 Å². The fourth-order valence-corrected chi connectivity index (χ4v) is 3.42. The molecule has 3 aromatic rings. The summed E-state index contributed by atoms with van der Waals surface area (Å²) in [5.41, 5.74) is 5.15. The zero-order valence-electron chi connectivity index (χ0n) is 15.2. The molecule has 0 radical (unpaired) electrons. The van der Waals surface area contributed by atoms with E-state index in [2.05, 4.69) is 23.3 Å². The first-order valence-corrected chi connectivity index (χ1v) is 8.78. The Morgan fingerprint density at radius 3 is 2.70 bits per heavy atom. The monoisotopic (exact) mass is 360 g/mol. The Labute approximate surface area is 158 Å². The van der Waals surface area contributed by atoms with E-state index in [1.54, 1.807) is 13.3 Å². The lowest BCUT2D eigenvalue weighted by Crippen LogP contribution is -2.19. The zero-order valence-corrected chi connectivity index (χ0v) is 15.2. The van der Waals surface area contributed by atoms with Crippen LogP contribution in [-0.4, -0.2) is 18.2 Å². The van der Waals surface area contributed by atoms with Crippen molar-refractivity contribution in [3.05, 3.63) is 83.7 Å². The summed E-state index contributed by atoms with van der Waals surface area (Å²) in [6, 6.07) is 17.4. The third-order valence-corrected chi connectivity index (χ3v) is 4.83. The number of ether oxygens (including phenoxy) is 2. The number of aryl methyl sites for hydroxylation is 1. The molecule has 1 saturated heterocycles. The molecule has 1 N–H and O–H groups in total. The van der Waals surface area contributed by atoms with E-state index < -0.39 is 12.2 Å². The van der Waals surface area contributed by atoms with Crippen molar-refractivity contribution >= 4 is 6.09 Å². The van der Waals surface area contributed by atoms with Crippen LogP contribution in [0.4, 0.5) is 4.79 Å². The molecule has 0 aliphatic carbocycles. The molecular formula is C22H20N2O3. The maximum Gasteiger partial charge on any atom is 0.408 e. The molecule has 0 saturated carbocycles. The molecule has 1 aliphatic heterocycles. The van der Waals surface area contributed by atoms with Gasteiger partial charge in [0, 0.05) is 18.0 Å². The van der Waals surface area contributed by atoms with Crippen molar-refractivity contribution in [2.75, 3.05) is 7.11 Å². The lowest BCUT2D eigenvalue weighted by molar-refractivity contribution is 0.132. The number of nitrogens with zero attached hydrogens (tertiary/aromatic N) is 1. The van der Waals surface area contributed by atoms with Crippen molar-refractivity contribution in [3.63, 3.8) is 0 Å². The molecule has 1 amide bonds. The summed E-state index contributed by atoms with van der Waals surface area (Å²) in [4.78, 5) is 16.2. The molecule has 4 rings (SSSR count). The second-order valence-electron chi connectivity index (χ2n) is 6.54. The van der Waals surface area contributed by atoms with Crippen LogP contribution >= 0.6 is 0 Å². The summed E-state index contributed by atoms with van der Waals surface area (Å²) in [5.74, 6) is 0.730. The van der Waals surface area contributed by atoms with Gasteiger partial charge in [0.05, 0.1) is 13.2 Å². The van der Waals surface area contributed by atoms with Gasteiger partial charge in [-0.3, -0.25) is 4.98 Å². The summed E-state index contributed by atoms with van der Waals surface area (Å²) in [7, 11) is 1.62. The van der Waals surface area contributed by atoms with E-state index in [4.69, 9.17) is 9.47 Å². The van der Waals surface area contributed by atoms with Crippen molar-refractivity contribution in [3.8, 4) is 16.9 Å². The number of carbonyl (C=O) groups is 1. The van der Waals surface area contributed by atoms with Crippen molar-refractivity contribution in [2.45, 2.75) is 19.1 Å². The second kappa shape index (κ2) is 7.11. The van der Waals surface area contributed by atoms with Crippen molar-refractivity contribution in [1.82, 2.24) is 10.3 Å². The fraction of sp³-hybridized carbons (Fsp3) is 0.182. The molecule has 0 bridgehead atoms. The predicted molar refractivity (Wildman–Crippen MR) is 103 cm³/mol. The smallest absolute Gasteiger partial charge is 0.408 e. The van der Waals surface area contributed by atoms with Gasteiger partial charge in [-0.1, -0.05) is 30.3 Å². The Hall–Kier alpha value is -3.34. The maximum atomic E-state index is 12.0. The normalized spacial score (nSPS) is 18.7. The number of cyclic esters (lactones) is 1. The van der Waals surface area contributed by atoms with Crippen LogP contribution in [0, 0.1) is 6.92 Å². The zero-order chi connectivity index (χ0) is 18.8. The number of aromatic nitrogens is 1. The number of nitrogens with one attached hydrogen (secondary N) is 1. The fourth-order valence-electron chi connectivity index (χ4n) is 3.42. The van der Waals surface area contributed by atoms with Gasteiger partial charge in [-0.05, 0) is 53.4 Å². The van der Waals surface area contributed by atoms with Crippen LogP contribution in [0.3, 0.4) is 0 Å². The number of methoxy groups -OCH3 is 1. The Bertz CT molecular complexity index is 987. The van der Waals surface area contributed by atoms with E-state index in [1.807, 2.05) is 54.7 Å². The average molecular weight is 360 g/mol. The molecule has 1 fully saturated rings. The number of alkyl carbamates (subject to hydrolysis) is 1. The van der Waals surface area contributed by atoms with Crippen molar-refractivity contribution in [1.29, 1.82) is 0 Å². The molecule has 0 spiro atoms. The van der Waals surface area contributed by atoms with Gasteiger partial charge in [-0.2, -0.15) is 0 Å². The summed E-state index contributed by atoms with van der Waals surface area (Å²) in [5, 5.41) is 2.93. The van der Waals surface area contributed by atoms with Gasteiger partial charge in [0.2, 0.25) is 0 Å². The van der Waals surface area contributed by atoms with Crippen molar-refractivity contribution in [2.24, 2.45) is 0 Å². The molecule has 1 aromatic heterocycles. The van der Waals surface area contributed by atoms with Gasteiger partial charge in [-0.25, -0.2) is 4.79 Å². The van der Waals surface area contributed by atoms with E-state index in [0.717, 1.165) is 33.6 Å². The van der Waals surface area contributed by atoms with E-state index in [1.165, 1.54) is 0 Å². The largest absolute Gasteiger partial charge is 0.497 e. The second-order valence-corrected chi connectivity index (χ2v) is 6.54. The first-order chi connectivity index (χ1) is 13.2. The Kier molecular flexibility index (Phi) is 4.50. The standard InChI is InChI=1S/C22H20N2O3/c1-14-9-10-23-13-19(14)15-5-3-6-16(11-15)20-21(27-22(25)24-20)17-7-4-8-18(12-17)26-2/h3-13,20-21H,1-2H3,(H,24,25)/t20-,21-/m1/s1. The summed E-state index contributed by atoms with van der Waals surface area (Å²) in [6.45, 7) is 2.06. The minimum atomic E-state index is -0.421. The number of amides is 1. The van der Waals surface area contributed by atoms with Crippen LogP contribution < -0.4 is 10.1 Å². The van der Waals surface area contributed by atoms with Gasteiger partial charge in [0.25, 0.3) is 0 Å². The third kappa shape index (κ3) is 3.36. The highest BCUT2D eigenvalue weighted by molar-refractivity contribution is 5.72. The molecule has 2 atom stereocenters. The minimum absolute atomic E-state index is 0.276. The molecule has 5 nitrogen and oxygen atoms in total. The van der Waals surface area contributed by atoms with Crippen LogP contribution in [0.25, 0.3) is 11.1 Å². The molecular weight excluding hydrogens is 340 g/mol. The summed E-state index contributed by atoms with van der Waals surface area (Å²) in [6.07, 6.45) is 2.80. The Balaban J connectivity index is 1.72. The lowest BCUT2D eigenvalue weighted by Gasteiger charge is -2.19. The van der Waals surface area contributed by atoms with Gasteiger partial charge in [0.1, 0.15) is 5.75 Å². The number of hydrogen-bond donors (Lipinski definition) is 1. The van der Waals surface area contributed by atoms with E-state index >= 15 is 0 Å². The van der Waals surface area contributed by atoms with Gasteiger partial charge >= 0.3 is 6.09 Å². The molecule has 2 aromatic carbocycles. The first kappa shape index (κ1) is 17.1. The van der Waals surface area contributed by atoms with E-state index in [9.17, 15) is 4.79 Å². The van der Waals surface area contributed by atoms with Crippen molar-refractivity contribution < 1.29 is 14.3 Å². The summed E-state index contributed by atoms with van der Waals surface area (Å²) < 4.78 is 10.9. The molecule has 0 unspecified atom stereocenters. The number of carbonyl (C=O) groups excluding carboxylic acids is 1. The van der Waals surface area contributed by atoms with Crippen LogP contribution in [0.5, 0.6) is 5.75 Å². The minimum Gasteiger partial charge on any atom is -0.497 e. The average Bonchev–Trinajstić information content (AvgIpc) is 3.10. The number of benzene rings is 2. The SMILES string of the molecule is COc1cccc([C@H]2OC(=O)N[C@@H]2c2cccc(-c3cnccc3C)c2)c1. The number of pyridine rings is 1. The molecule has 136 valence electrons. The Morgan fingerprint density at radius 2 is 1.89 bits per heavy atom. The topological polar surface area (TPSA) is 60.5 Å². The molecule has 27 heavy (non-hydrogen) atoms. The molecule has 5 heteroatoms. The molecule has 1 aliphatic rings. The van der Waals surface area contributed by atoms with Crippen LogP contribution in [-0.2, 0) is 4.74 Å². The highest BCUT2D eigenvalue weighted by Gasteiger charge is 2.36. The van der Waals surface area contributed by atoms with E-state index in [-0.39, 0.29) is 6.04 Å². The molecule has 2 heterocycles. The lowest BCUT2D eigenvalue weighted by atomic mass is 9.93. The van der Waals surface area contributed by atoms with Crippen LogP contribution in [0.2, 0.25) is 0 Å². The quantitative estimate of drug-likeness (QED) is 0.739. The summed E-state index contributed by atoms with van der Waals surface area (Å²) >= 11 is 0. The third-order valence-electron chi connectivity index (χ3n) is 4.83. The van der Waals surface area contributed by atoms with Gasteiger partial charge in [-0.15, -0.1) is 0 Å². The maximum absolute atomic E-state index is 12.0. The number of hydrogen-bond acceptors (Lipinski definition) is 4.